The maximum Gasteiger partial charge on any atom is 0.331 e. The Morgan fingerprint density at radius 1 is 1.33 bits per heavy atom. The van der Waals surface area contributed by atoms with Crippen molar-refractivity contribution >= 4 is 11.9 Å². The largest absolute Gasteiger partial charge is 0.481 e. The summed E-state index contributed by atoms with van der Waals surface area (Å²) in [4.78, 5) is 20.6. The predicted octanol–water partition coefficient (Wildman–Crippen LogP) is 1.27. The van der Waals surface area contributed by atoms with Crippen LogP contribution in [0, 0.1) is 0 Å². The average molecular weight is 172 g/mol. The zero-order chi connectivity index (χ0) is 9.56. The Hall–Kier alpha value is -1.32. The van der Waals surface area contributed by atoms with Crippen molar-refractivity contribution in [1.82, 2.24) is 0 Å². The normalized spacial score (nSPS) is 11.2. The first kappa shape index (κ1) is 10.7. The van der Waals surface area contributed by atoms with Crippen molar-refractivity contribution in [3.8, 4) is 0 Å². The molecule has 0 fully saturated rings. The van der Waals surface area contributed by atoms with E-state index >= 15 is 0 Å². The average Bonchev–Trinajstić information content (AvgIpc) is 1.96. The first-order valence-corrected chi connectivity index (χ1v) is 3.72. The second-order valence-electron chi connectivity index (χ2n) is 2.39. The number of carbonyl (C=O) groups is 2. The van der Waals surface area contributed by atoms with Gasteiger partial charge in [-0.05, 0) is 6.42 Å². The molecule has 12 heavy (non-hydrogen) atoms. The van der Waals surface area contributed by atoms with E-state index in [1.54, 1.807) is 0 Å². The molecule has 0 aromatic heterocycles. The highest BCUT2D eigenvalue weighted by atomic mass is 16.4. The zero-order valence-corrected chi connectivity index (χ0v) is 6.91. The minimum absolute atomic E-state index is 0.0376. The first-order valence-electron chi connectivity index (χ1n) is 3.72. The summed E-state index contributed by atoms with van der Waals surface area (Å²) in [6.07, 6.45) is 2.47. The number of rotatable bonds is 5. The lowest BCUT2D eigenvalue weighted by Gasteiger charge is -1.96. The van der Waals surface area contributed by atoms with Crippen molar-refractivity contribution in [3.63, 3.8) is 0 Å². The van der Waals surface area contributed by atoms with Crippen molar-refractivity contribution in [2.45, 2.75) is 26.2 Å². The number of allylic oxidation sites excluding steroid dienone is 1. The molecule has 0 aromatic rings. The van der Waals surface area contributed by atoms with Gasteiger partial charge in [-0.15, -0.1) is 0 Å². The molecule has 0 amide bonds. The minimum Gasteiger partial charge on any atom is -0.481 e. The zero-order valence-electron chi connectivity index (χ0n) is 6.91. The third kappa shape index (κ3) is 4.49. The number of hydrogen-bond donors (Lipinski definition) is 2. The van der Waals surface area contributed by atoms with Crippen LogP contribution >= 0.6 is 0 Å². The van der Waals surface area contributed by atoms with Gasteiger partial charge < -0.3 is 10.2 Å². The summed E-state index contributed by atoms with van der Waals surface area (Å²) in [6.45, 7) is 1.90. The van der Waals surface area contributed by atoms with Crippen LogP contribution in [0.5, 0.6) is 0 Å². The maximum absolute atomic E-state index is 10.4. The molecule has 0 rings (SSSR count). The number of aliphatic carboxylic acids is 2. The van der Waals surface area contributed by atoms with Crippen LogP contribution in [0.25, 0.3) is 0 Å². The number of carboxylic acids is 2. The van der Waals surface area contributed by atoms with E-state index in [1.165, 1.54) is 6.08 Å². The van der Waals surface area contributed by atoms with Gasteiger partial charge in [-0.2, -0.15) is 0 Å². The molecule has 0 saturated carbocycles. The van der Waals surface area contributed by atoms with Crippen LogP contribution in [-0.2, 0) is 9.59 Å². The predicted molar refractivity (Wildman–Crippen MR) is 42.9 cm³/mol. The third-order valence-corrected chi connectivity index (χ3v) is 1.30. The molecule has 0 aliphatic carbocycles. The van der Waals surface area contributed by atoms with E-state index in [2.05, 4.69) is 0 Å². The van der Waals surface area contributed by atoms with Crippen LogP contribution < -0.4 is 0 Å². The number of unbranched alkanes of at least 4 members (excludes halogenated alkanes) is 1. The van der Waals surface area contributed by atoms with E-state index in [1.807, 2.05) is 6.92 Å². The van der Waals surface area contributed by atoms with Crippen LogP contribution in [0.1, 0.15) is 26.2 Å². The molecule has 0 heterocycles. The van der Waals surface area contributed by atoms with E-state index in [9.17, 15) is 9.59 Å². The van der Waals surface area contributed by atoms with E-state index in [0.29, 0.717) is 6.42 Å². The molecule has 0 saturated heterocycles. The Morgan fingerprint density at radius 2 is 1.92 bits per heavy atom. The Balaban J connectivity index is 4.22. The van der Waals surface area contributed by atoms with Crippen LogP contribution in [0.2, 0.25) is 0 Å². The summed E-state index contributed by atoms with van der Waals surface area (Å²) in [5.74, 6) is -2.26. The van der Waals surface area contributed by atoms with Gasteiger partial charge in [0.25, 0.3) is 0 Å². The minimum atomic E-state index is -1.15. The Bertz CT molecular complexity index is 205. The summed E-state index contributed by atoms with van der Waals surface area (Å²) in [7, 11) is 0. The van der Waals surface area contributed by atoms with Crippen LogP contribution in [0.4, 0.5) is 0 Å². The molecule has 2 N–H and O–H groups in total. The van der Waals surface area contributed by atoms with Crippen molar-refractivity contribution in [2.24, 2.45) is 0 Å². The summed E-state index contributed by atoms with van der Waals surface area (Å²) < 4.78 is 0. The van der Waals surface area contributed by atoms with E-state index in [0.717, 1.165) is 6.42 Å². The smallest absolute Gasteiger partial charge is 0.331 e. The molecule has 0 aromatic carbocycles. The van der Waals surface area contributed by atoms with Gasteiger partial charge >= 0.3 is 11.9 Å². The van der Waals surface area contributed by atoms with Crippen molar-refractivity contribution in [2.75, 3.05) is 0 Å². The maximum atomic E-state index is 10.4. The standard InChI is InChI=1S/C8H12O4/c1-2-3-4-6(8(11)12)5-7(9)10/h4H,2-3,5H2,1H3,(H,9,10)(H,11,12). The molecular formula is C8H12O4. The van der Waals surface area contributed by atoms with E-state index in [4.69, 9.17) is 10.2 Å². The summed E-state index contributed by atoms with van der Waals surface area (Å²) >= 11 is 0. The van der Waals surface area contributed by atoms with E-state index < -0.39 is 18.4 Å². The Morgan fingerprint density at radius 3 is 2.25 bits per heavy atom. The van der Waals surface area contributed by atoms with Crippen molar-refractivity contribution in [3.05, 3.63) is 11.6 Å². The van der Waals surface area contributed by atoms with Crippen LogP contribution in [-0.4, -0.2) is 22.2 Å². The molecule has 0 unspecified atom stereocenters. The van der Waals surface area contributed by atoms with Crippen LogP contribution in [0.15, 0.2) is 11.6 Å². The summed E-state index contributed by atoms with van der Waals surface area (Å²) in [6, 6.07) is 0. The molecular weight excluding hydrogens is 160 g/mol. The summed E-state index contributed by atoms with van der Waals surface area (Å²) in [5.41, 5.74) is -0.0376. The molecule has 0 aliphatic heterocycles. The second-order valence-corrected chi connectivity index (χ2v) is 2.39. The van der Waals surface area contributed by atoms with Crippen molar-refractivity contribution in [1.29, 1.82) is 0 Å². The SMILES string of the molecule is CCCC=C(CC(=O)O)C(=O)O. The fourth-order valence-electron chi connectivity index (χ4n) is 0.717. The lowest BCUT2D eigenvalue weighted by Crippen LogP contribution is -2.06. The first-order chi connectivity index (χ1) is 5.57. The molecule has 68 valence electrons. The molecule has 4 heteroatoms. The van der Waals surface area contributed by atoms with Gasteiger partial charge in [0.05, 0.1) is 6.42 Å². The molecule has 0 spiro atoms. The Kier molecular flexibility index (Phi) is 4.76. The van der Waals surface area contributed by atoms with Gasteiger partial charge in [-0.1, -0.05) is 19.4 Å². The molecule has 4 nitrogen and oxygen atoms in total. The molecule has 0 aliphatic rings. The highest BCUT2D eigenvalue weighted by molar-refractivity contribution is 5.91. The highest BCUT2D eigenvalue weighted by Crippen LogP contribution is 2.04. The van der Waals surface area contributed by atoms with Gasteiger partial charge in [0.2, 0.25) is 0 Å². The van der Waals surface area contributed by atoms with Gasteiger partial charge in [-0.3, -0.25) is 4.79 Å². The quantitative estimate of drug-likeness (QED) is 0.612. The third-order valence-electron chi connectivity index (χ3n) is 1.30. The van der Waals surface area contributed by atoms with Gasteiger partial charge in [0.1, 0.15) is 0 Å². The van der Waals surface area contributed by atoms with Crippen LogP contribution in [0.3, 0.4) is 0 Å². The van der Waals surface area contributed by atoms with E-state index in [-0.39, 0.29) is 5.57 Å². The summed E-state index contributed by atoms with van der Waals surface area (Å²) in [5, 5.41) is 16.8. The fourth-order valence-corrected chi connectivity index (χ4v) is 0.717. The lowest BCUT2D eigenvalue weighted by atomic mass is 10.1. The van der Waals surface area contributed by atoms with Gasteiger partial charge in [0, 0.05) is 5.57 Å². The van der Waals surface area contributed by atoms with Gasteiger partial charge in [0.15, 0.2) is 0 Å². The molecule has 0 radical (unpaired) electrons. The monoisotopic (exact) mass is 172 g/mol. The Labute approximate surface area is 70.5 Å². The number of hydrogen-bond acceptors (Lipinski definition) is 2. The topological polar surface area (TPSA) is 74.6 Å². The lowest BCUT2D eigenvalue weighted by molar-refractivity contribution is -0.139. The second kappa shape index (κ2) is 5.35. The van der Waals surface area contributed by atoms with Gasteiger partial charge in [-0.25, -0.2) is 4.79 Å². The fraction of sp³-hybridized carbons (Fsp3) is 0.500. The van der Waals surface area contributed by atoms with Crippen molar-refractivity contribution < 1.29 is 19.8 Å². The number of carboxylic acid groups (broad SMARTS) is 2. The molecule has 0 bridgehead atoms. The highest BCUT2D eigenvalue weighted by Gasteiger charge is 2.10. The molecule has 0 atom stereocenters.